The standard InChI is InChI=1S/C22H21NO2/c1-23(21-13-11-17-7-4-5-9-20(17)21)22(24)15-25-19-12-10-16-6-2-3-8-18(16)14-19/h2-10,12,14,21H,11,13,15H2,1H3/t21-/m1/s1. The third-order valence-electron chi connectivity index (χ3n) is 5.05. The van der Waals surface area contributed by atoms with E-state index < -0.39 is 0 Å². The van der Waals surface area contributed by atoms with Gasteiger partial charge in [-0.1, -0.05) is 54.6 Å². The van der Waals surface area contributed by atoms with Crippen LogP contribution in [0.2, 0.25) is 0 Å². The minimum atomic E-state index is 0.00913. The Balaban J connectivity index is 1.43. The molecule has 1 aliphatic carbocycles. The van der Waals surface area contributed by atoms with Gasteiger partial charge in [0.2, 0.25) is 0 Å². The molecule has 1 amide bonds. The van der Waals surface area contributed by atoms with Crippen LogP contribution < -0.4 is 4.74 Å². The Morgan fingerprint density at radius 1 is 1.04 bits per heavy atom. The van der Waals surface area contributed by atoms with E-state index in [9.17, 15) is 4.79 Å². The Morgan fingerprint density at radius 3 is 2.68 bits per heavy atom. The summed E-state index contributed by atoms with van der Waals surface area (Å²) in [5.41, 5.74) is 2.62. The number of ether oxygens (including phenoxy) is 1. The van der Waals surface area contributed by atoms with Crippen LogP contribution in [0.5, 0.6) is 5.75 Å². The van der Waals surface area contributed by atoms with E-state index in [0.29, 0.717) is 0 Å². The van der Waals surface area contributed by atoms with Gasteiger partial charge in [0.1, 0.15) is 5.75 Å². The van der Waals surface area contributed by atoms with Crippen molar-refractivity contribution in [2.75, 3.05) is 13.7 Å². The van der Waals surface area contributed by atoms with Crippen molar-refractivity contribution in [1.29, 1.82) is 0 Å². The number of fused-ring (bicyclic) bond motifs is 2. The second-order valence-corrected chi connectivity index (χ2v) is 6.56. The number of aryl methyl sites for hydroxylation is 1. The molecule has 0 aliphatic heterocycles. The van der Waals surface area contributed by atoms with Crippen molar-refractivity contribution in [3.05, 3.63) is 77.9 Å². The average Bonchev–Trinajstić information content (AvgIpc) is 3.09. The van der Waals surface area contributed by atoms with Crippen LogP contribution in [-0.4, -0.2) is 24.5 Å². The maximum absolute atomic E-state index is 12.6. The molecule has 0 aromatic heterocycles. The number of carbonyl (C=O) groups excluding carboxylic acids is 1. The Hall–Kier alpha value is -2.81. The number of nitrogens with zero attached hydrogens (tertiary/aromatic N) is 1. The monoisotopic (exact) mass is 331 g/mol. The van der Waals surface area contributed by atoms with E-state index in [-0.39, 0.29) is 18.6 Å². The van der Waals surface area contributed by atoms with Crippen LogP contribution in [0.25, 0.3) is 10.8 Å². The minimum absolute atomic E-state index is 0.00913. The Bertz CT molecular complexity index is 919. The van der Waals surface area contributed by atoms with Crippen molar-refractivity contribution >= 4 is 16.7 Å². The normalized spacial score (nSPS) is 15.8. The summed E-state index contributed by atoms with van der Waals surface area (Å²) in [5.74, 6) is 0.738. The highest BCUT2D eigenvalue weighted by Crippen LogP contribution is 2.34. The van der Waals surface area contributed by atoms with Crippen LogP contribution in [0.1, 0.15) is 23.6 Å². The first-order chi connectivity index (χ1) is 12.2. The van der Waals surface area contributed by atoms with Gasteiger partial charge in [-0.05, 0) is 46.9 Å². The maximum atomic E-state index is 12.6. The lowest BCUT2D eigenvalue weighted by Gasteiger charge is -2.25. The number of likely N-dealkylation sites (N-methyl/N-ethyl adjacent to an activating group) is 1. The second-order valence-electron chi connectivity index (χ2n) is 6.56. The van der Waals surface area contributed by atoms with E-state index in [2.05, 4.69) is 24.3 Å². The van der Waals surface area contributed by atoms with Gasteiger partial charge in [-0.15, -0.1) is 0 Å². The van der Waals surface area contributed by atoms with Gasteiger partial charge in [0.25, 0.3) is 5.91 Å². The molecule has 3 aromatic rings. The first-order valence-corrected chi connectivity index (χ1v) is 8.67. The summed E-state index contributed by atoms with van der Waals surface area (Å²) >= 11 is 0. The van der Waals surface area contributed by atoms with Gasteiger partial charge in [0.05, 0.1) is 6.04 Å². The molecule has 1 atom stereocenters. The van der Waals surface area contributed by atoms with E-state index in [1.54, 1.807) is 0 Å². The highest BCUT2D eigenvalue weighted by atomic mass is 16.5. The molecule has 0 saturated heterocycles. The van der Waals surface area contributed by atoms with Crippen molar-refractivity contribution in [2.24, 2.45) is 0 Å². The molecule has 0 radical (unpaired) electrons. The zero-order valence-electron chi connectivity index (χ0n) is 14.3. The molecule has 0 fully saturated rings. The molecule has 4 rings (SSSR count). The van der Waals surface area contributed by atoms with Gasteiger partial charge in [0, 0.05) is 7.05 Å². The van der Waals surface area contributed by atoms with Gasteiger partial charge < -0.3 is 9.64 Å². The third kappa shape index (κ3) is 3.10. The molecule has 126 valence electrons. The molecule has 3 heteroatoms. The Kier molecular flexibility index (Phi) is 4.14. The SMILES string of the molecule is CN(C(=O)COc1ccc2ccccc2c1)[C@@H]1CCc2ccccc21. The summed E-state index contributed by atoms with van der Waals surface area (Å²) in [6, 6.07) is 22.6. The number of benzene rings is 3. The molecule has 0 N–H and O–H groups in total. The van der Waals surface area contributed by atoms with Gasteiger partial charge in [0.15, 0.2) is 6.61 Å². The summed E-state index contributed by atoms with van der Waals surface area (Å²) in [6.07, 6.45) is 2.02. The van der Waals surface area contributed by atoms with Crippen LogP contribution in [0, 0.1) is 0 Å². The zero-order chi connectivity index (χ0) is 17.2. The third-order valence-corrected chi connectivity index (χ3v) is 5.05. The minimum Gasteiger partial charge on any atom is -0.484 e. The molecule has 0 unspecified atom stereocenters. The fraction of sp³-hybridized carbons (Fsp3) is 0.227. The van der Waals surface area contributed by atoms with E-state index in [4.69, 9.17) is 4.74 Å². The molecular formula is C22H21NO2. The average molecular weight is 331 g/mol. The summed E-state index contributed by atoms with van der Waals surface area (Å²) in [5, 5.41) is 2.28. The summed E-state index contributed by atoms with van der Waals surface area (Å²) in [7, 11) is 1.87. The Morgan fingerprint density at radius 2 is 1.80 bits per heavy atom. The predicted octanol–water partition coefficient (Wildman–Crippen LogP) is 4.36. The van der Waals surface area contributed by atoms with Gasteiger partial charge >= 0.3 is 0 Å². The highest BCUT2D eigenvalue weighted by molar-refractivity contribution is 5.84. The van der Waals surface area contributed by atoms with Crippen molar-refractivity contribution in [3.63, 3.8) is 0 Å². The van der Waals surface area contributed by atoms with Gasteiger partial charge in [-0.3, -0.25) is 4.79 Å². The van der Waals surface area contributed by atoms with Crippen molar-refractivity contribution in [1.82, 2.24) is 4.90 Å². The predicted molar refractivity (Wildman–Crippen MR) is 99.7 cm³/mol. The van der Waals surface area contributed by atoms with E-state index >= 15 is 0 Å². The van der Waals surface area contributed by atoms with Gasteiger partial charge in [-0.25, -0.2) is 0 Å². The largest absolute Gasteiger partial charge is 0.484 e. The van der Waals surface area contributed by atoms with Gasteiger partial charge in [-0.2, -0.15) is 0 Å². The molecule has 1 aliphatic rings. The first kappa shape index (κ1) is 15.7. The maximum Gasteiger partial charge on any atom is 0.260 e. The lowest BCUT2D eigenvalue weighted by molar-refractivity contribution is -0.134. The lowest BCUT2D eigenvalue weighted by Crippen LogP contribution is -2.34. The van der Waals surface area contributed by atoms with Crippen LogP contribution >= 0.6 is 0 Å². The van der Waals surface area contributed by atoms with E-state index in [1.165, 1.54) is 16.5 Å². The lowest BCUT2D eigenvalue weighted by atomic mass is 10.1. The van der Waals surface area contributed by atoms with E-state index in [1.807, 2.05) is 54.4 Å². The molecule has 3 aromatic carbocycles. The quantitative estimate of drug-likeness (QED) is 0.711. The molecule has 0 bridgehead atoms. The number of amides is 1. The molecule has 0 spiro atoms. The van der Waals surface area contributed by atoms with Crippen molar-refractivity contribution in [3.8, 4) is 5.75 Å². The van der Waals surface area contributed by atoms with Crippen LogP contribution in [0.4, 0.5) is 0 Å². The number of carbonyl (C=O) groups is 1. The summed E-state index contributed by atoms with van der Waals surface area (Å²) in [6.45, 7) is 0.0630. The van der Waals surface area contributed by atoms with Crippen molar-refractivity contribution < 1.29 is 9.53 Å². The van der Waals surface area contributed by atoms with Crippen LogP contribution in [-0.2, 0) is 11.2 Å². The van der Waals surface area contributed by atoms with Crippen molar-refractivity contribution in [2.45, 2.75) is 18.9 Å². The highest BCUT2D eigenvalue weighted by Gasteiger charge is 2.28. The fourth-order valence-corrected chi connectivity index (χ4v) is 3.61. The molecule has 3 nitrogen and oxygen atoms in total. The number of hydrogen-bond donors (Lipinski definition) is 0. The molecule has 0 saturated carbocycles. The fourth-order valence-electron chi connectivity index (χ4n) is 3.61. The smallest absolute Gasteiger partial charge is 0.260 e. The molecular weight excluding hydrogens is 310 g/mol. The molecule has 0 heterocycles. The Labute approximate surface area is 147 Å². The number of hydrogen-bond acceptors (Lipinski definition) is 2. The second kappa shape index (κ2) is 6.60. The zero-order valence-corrected chi connectivity index (χ0v) is 14.3. The summed E-state index contributed by atoms with van der Waals surface area (Å²) in [4.78, 5) is 14.4. The van der Waals surface area contributed by atoms with Crippen LogP contribution in [0.15, 0.2) is 66.7 Å². The first-order valence-electron chi connectivity index (χ1n) is 8.67. The number of rotatable bonds is 4. The van der Waals surface area contributed by atoms with E-state index in [0.717, 1.165) is 24.0 Å². The summed E-state index contributed by atoms with van der Waals surface area (Å²) < 4.78 is 5.75. The topological polar surface area (TPSA) is 29.5 Å². The van der Waals surface area contributed by atoms with Crippen LogP contribution in [0.3, 0.4) is 0 Å². The molecule has 25 heavy (non-hydrogen) atoms.